The molecule has 106 valence electrons. The summed E-state index contributed by atoms with van der Waals surface area (Å²) in [7, 11) is 0. The first kappa shape index (κ1) is 12.1. The molecule has 0 spiro atoms. The zero-order valence-electron chi connectivity index (χ0n) is 11.3. The highest BCUT2D eigenvalue weighted by Gasteiger charge is 2.26. The Hall–Kier alpha value is -2.63. The topological polar surface area (TPSA) is 72.4 Å². The smallest absolute Gasteiger partial charge is 0.325 e. The second kappa shape index (κ2) is 4.73. The van der Waals surface area contributed by atoms with E-state index in [1.165, 1.54) is 19.2 Å². The average molecular weight is 282 g/mol. The van der Waals surface area contributed by atoms with Gasteiger partial charge in [0.05, 0.1) is 0 Å². The second-order valence-corrected chi connectivity index (χ2v) is 5.25. The van der Waals surface area contributed by atoms with E-state index in [4.69, 9.17) is 4.42 Å². The fourth-order valence-corrected chi connectivity index (χ4v) is 2.33. The molecule has 1 fully saturated rings. The van der Waals surface area contributed by atoms with Crippen LogP contribution in [0.1, 0.15) is 23.4 Å². The van der Waals surface area contributed by atoms with Crippen molar-refractivity contribution < 1.29 is 9.21 Å². The van der Waals surface area contributed by atoms with Gasteiger partial charge in [-0.15, -0.1) is 0 Å². The molecular weight excluding hydrogens is 268 g/mol. The van der Waals surface area contributed by atoms with Crippen molar-refractivity contribution in [2.45, 2.75) is 12.8 Å². The molecule has 0 bridgehead atoms. The molecule has 1 aliphatic carbocycles. The van der Waals surface area contributed by atoms with Crippen LogP contribution in [-0.2, 0) is 0 Å². The summed E-state index contributed by atoms with van der Waals surface area (Å²) in [4.78, 5) is 16.4. The number of carbonyl (C=O) groups is 1. The number of benzene rings is 1. The Morgan fingerprint density at radius 2 is 2.14 bits per heavy atom. The number of carbonyl (C=O) groups excluding carboxylic acids is 1. The molecule has 1 amide bonds. The van der Waals surface area contributed by atoms with Crippen LogP contribution in [0.4, 0.5) is 0 Å². The van der Waals surface area contributed by atoms with Gasteiger partial charge in [-0.2, -0.15) is 14.6 Å². The monoisotopic (exact) mass is 282 g/mol. The first-order valence-electron chi connectivity index (χ1n) is 6.99. The fraction of sp³-hybridized carbons (Fsp3) is 0.267. The molecule has 0 unspecified atom stereocenters. The molecule has 1 saturated carbocycles. The predicted octanol–water partition coefficient (Wildman–Crippen LogP) is 2.13. The van der Waals surface area contributed by atoms with E-state index in [0.29, 0.717) is 24.0 Å². The first-order valence-corrected chi connectivity index (χ1v) is 6.99. The normalized spacial score (nSPS) is 14.5. The van der Waals surface area contributed by atoms with E-state index in [-0.39, 0.29) is 11.7 Å². The Labute approximate surface area is 120 Å². The number of hydrogen-bond donors (Lipinski definition) is 1. The van der Waals surface area contributed by atoms with E-state index in [1.807, 2.05) is 30.3 Å². The van der Waals surface area contributed by atoms with Crippen LogP contribution in [0.5, 0.6) is 0 Å². The quantitative estimate of drug-likeness (QED) is 0.795. The summed E-state index contributed by atoms with van der Waals surface area (Å²) in [6.45, 7) is 0.698. The van der Waals surface area contributed by atoms with Gasteiger partial charge in [0, 0.05) is 12.1 Å². The molecule has 4 rings (SSSR count). The van der Waals surface area contributed by atoms with Gasteiger partial charge in [-0.05, 0) is 18.8 Å². The van der Waals surface area contributed by atoms with Crippen LogP contribution in [-0.4, -0.2) is 27.0 Å². The molecule has 6 heteroatoms. The zero-order valence-corrected chi connectivity index (χ0v) is 11.3. The van der Waals surface area contributed by atoms with Crippen molar-refractivity contribution in [3.05, 3.63) is 42.4 Å². The highest BCUT2D eigenvalue weighted by molar-refractivity contribution is 5.97. The summed E-state index contributed by atoms with van der Waals surface area (Å²) in [5.41, 5.74) is 1.51. The summed E-state index contributed by atoms with van der Waals surface area (Å²) in [5, 5.41) is 7.06. The molecule has 1 N–H and O–H groups in total. The van der Waals surface area contributed by atoms with Crippen LogP contribution >= 0.6 is 0 Å². The minimum absolute atomic E-state index is 0.215. The summed E-state index contributed by atoms with van der Waals surface area (Å²) in [6, 6.07) is 9.59. The Morgan fingerprint density at radius 1 is 1.33 bits per heavy atom. The van der Waals surface area contributed by atoms with E-state index < -0.39 is 0 Å². The Bertz CT molecular complexity index is 786. The number of hydrogen-bond acceptors (Lipinski definition) is 4. The molecule has 21 heavy (non-hydrogen) atoms. The highest BCUT2D eigenvalue weighted by atomic mass is 16.4. The maximum Gasteiger partial charge on any atom is 0.325 e. The number of nitrogens with one attached hydrogen (secondary N) is 1. The van der Waals surface area contributed by atoms with Crippen molar-refractivity contribution in [3.63, 3.8) is 0 Å². The first-order chi connectivity index (χ1) is 10.3. The minimum atomic E-state index is -0.215. The molecule has 3 aromatic rings. The van der Waals surface area contributed by atoms with Gasteiger partial charge in [0.25, 0.3) is 5.91 Å². The lowest BCUT2D eigenvalue weighted by Crippen LogP contribution is -2.25. The summed E-state index contributed by atoms with van der Waals surface area (Å²) < 4.78 is 7.14. The number of fused-ring (bicyclic) bond motifs is 1. The average Bonchev–Trinajstić information content (AvgIpc) is 3.11. The summed E-state index contributed by atoms with van der Waals surface area (Å²) >= 11 is 0. The van der Waals surface area contributed by atoms with Gasteiger partial charge in [0.15, 0.2) is 0 Å². The number of aromatic nitrogens is 3. The van der Waals surface area contributed by atoms with Gasteiger partial charge >= 0.3 is 5.84 Å². The van der Waals surface area contributed by atoms with Crippen LogP contribution in [0.2, 0.25) is 0 Å². The Kier molecular flexibility index (Phi) is 2.73. The summed E-state index contributed by atoms with van der Waals surface area (Å²) in [5.74, 6) is 0.988. The van der Waals surface area contributed by atoms with Crippen LogP contribution in [0.15, 0.2) is 41.1 Å². The molecule has 2 heterocycles. The lowest BCUT2D eigenvalue weighted by Gasteiger charge is -2.04. The van der Waals surface area contributed by atoms with E-state index in [9.17, 15) is 4.79 Å². The molecule has 2 aromatic heterocycles. The van der Waals surface area contributed by atoms with Gasteiger partial charge in [-0.25, -0.2) is 0 Å². The molecule has 0 atom stereocenters. The fourth-order valence-electron chi connectivity index (χ4n) is 2.33. The lowest BCUT2D eigenvalue weighted by atomic mass is 10.1. The molecule has 0 radical (unpaired) electrons. The Morgan fingerprint density at radius 3 is 2.90 bits per heavy atom. The largest absolute Gasteiger partial charge is 0.416 e. The van der Waals surface area contributed by atoms with Crippen molar-refractivity contribution in [2.75, 3.05) is 6.54 Å². The van der Waals surface area contributed by atoms with Crippen molar-refractivity contribution in [1.82, 2.24) is 19.9 Å². The van der Waals surface area contributed by atoms with E-state index in [1.54, 1.807) is 4.52 Å². The highest BCUT2D eigenvalue weighted by Crippen LogP contribution is 2.29. The number of rotatable bonds is 4. The molecule has 1 aliphatic rings. The predicted molar refractivity (Wildman–Crippen MR) is 75.7 cm³/mol. The van der Waals surface area contributed by atoms with Gasteiger partial charge in [0.2, 0.25) is 5.76 Å². The third-order valence-corrected chi connectivity index (χ3v) is 3.64. The molecule has 0 saturated heterocycles. The van der Waals surface area contributed by atoms with Crippen molar-refractivity contribution in [2.24, 2.45) is 5.92 Å². The molecule has 1 aromatic carbocycles. The van der Waals surface area contributed by atoms with Gasteiger partial charge < -0.3 is 9.73 Å². The molecular formula is C15H14N4O2. The van der Waals surface area contributed by atoms with Crippen LogP contribution in [0, 0.1) is 5.92 Å². The van der Waals surface area contributed by atoms with Crippen LogP contribution in [0.3, 0.4) is 0 Å². The maximum absolute atomic E-state index is 12.4. The minimum Gasteiger partial charge on any atom is -0.416 e. The SMILES string of the molecule is O=C(NCC1CC1)c1oc2ncnn2c1-c1ccccc1. The lowest BCUT2D eigenvalue weighted by molar-refractivity contribution is 0.0927. The number of nitrogens with zero attached hydrogens (tertiary/aromatic N) is 3. The van der Waals surface area contributed by atoms with Crippen molar-refractivity contribution in [3.8, 4) is 11.3 Å². The van der Waals surface area contributed by atoms with Crippen molar-refractivity contribution in [1.29, 1.82) is 0 Å². The maximum atomic E-state index is 12.4. The molecule has 6 nitrogen and oxygen atoms in total. The van der Waals surface area contributed by atoms with Crippen LogP contribution in [0.25, 0.3) is 17.1 Å². The molecule has 0 aliphatic heterocycles. The van der Waals surface area contributed by atoms with E-state index in [0.717, 1.165) is 5.56 Å². The van der Waals surface area contributed by atoms with Crippen LogP contribution < -0.4 is 5.32 Å². The third kappa shape index (κ3) is 2.18. The van der Waals surface area contributed by atoms with Gasteiger partial charge in [0.1, 0.15) is 12.0 Å². The van der Waals surface area contributed by atoms with Gasteiger partial charge in [-0.3, -0.25) is 4.79 Å². The zero-order chi connectivity index (χ0) is 14.2. The van der Waals surface area contributed by atoms with Gasteiger partial charge in [-0.1, -0.05) is 30.3 Å². The van der Waals surface area contributed by atoms with Crippen molar-refractivity contribution >= 4 is 11.8 Å². The van der Waals surface area contributed by atoms with E-state index >= 15 is 0 Å². The Balaban J connectivity index is 1.76. The standard InChI is InChI=1S/C15H14N4O2/c20-14(16-8-10-6-7-10)13-12(11-4-2-1-3-5-11)19-15(21-13)17-9-18-19/h1-5,9-10H,6-8H2,(H,16,20). The summed E-state index contributed by atoms with van der Waals surface area (Å²) in [6.07, 6.45) is 3.79. The second-order valence-electron chi connectivity index (χ2n) is 5.25. The number of amides is 1. The third-order valence-electron chi connectivity index (χ3n) is 3.64. The number of oxazole rings is 1. The van der Waals surface area contributed by atoms with E-state index in [2.05, 4.69) is 15.4 Å².